The first-order valence-electron chi connectivity index (χ1n) is 13.0. The zero-order valence-corrected chi connectivity index (χ0v) is 22.0. The molecule has 0 unspecified atom stereocenters. The Morgan fingerprint density at radius 1 is 1.21 bits per heavy atom. The SMILES string of the molecule is C[C@H]1C[C@]1(C1=NOC(=C=O)N1)n1c(C(=O)N(C)c2ccccc2)cc2cc([C@H]3CCOC(C)(C)C3)ncc21. The average Bonchev–Trinajstić information content (AvgIpc) is 3.25. The molecular weight excluding hydrogens is 482 g/mol. The van der Waals surface area contributed by atoms with Crippen molar-refractivity contribution >= 4 is 34.3 Å². The maximum Gasteiger partial charge on any atom is 0.313 e. The second-order valence-corrected chi connectivity index (χ2v) is 11.1. The minimum Gasteiger partial charge on any atom is -0.376 e. The summed E-state index contributed by atoms with van der Waals surface area (Å²) in [6.07, 6.45) is 4.38. The molecule has 1 aliphatic carbocycles. The fraction of sp³-hybridized carbons (Fsp3) is 0.414. The number of benzene rings is 1. The molecule has 2 aliphatic heterocycles. The molecule has 6 rings (SSSR count). The van der Waals surface area contributed by atoms with Gasteiger partial charge in [-0.15, -0.1) is 0 Å². The highest BCUT2D eigenvalue weighted by Crippen LogP contribution is 2.54. The van der Waals surface area contributed by atoms with E-state index in [-0.39, 0.29) is 29.2 Å². The first-order valence-corrected chi connectivity index (χ1v) is 13.0. The number of pyridine rings is 1. The van der Waals surface area contributed by atoms with Crippen LogP contribution in [0.15, 0.2) is 59.7 Å². The number of carbonyl (C=O) groups is 1. The number of para-hydroxylation sites is 1. The van der Waals surface area contributed by atoms with Crippen molar-refractivity contribution in [2.24, 2.45) is 11.1 Å². The minimum atomic E-state index is -0.674. The molecule has 2 aromatic heterocycles. The summed E-state index contributed by atoms with van der Waals surface area (Å²) in [5, 5.41) is 8.08. The van der Waals surface area contributed by atoms with Gasteiger partial charge in [0.2, 0.25) is 0 Å². The molecule has 1 saturated heterocycles. The molecule has 4 heterocycles. The maximum atomic E-state index is 14.0. The number of amidine groups is 1. The van der Waals surface area contributed by atoms with Gasteiger partial charge >= 0.3 is 5.88 Å². The van der Waals surface area contributed by atoms with Crippen LogP contribution in [0.2, 0.25) is 0 Å². The molecule has 9 nitrogen and oxygen atoms in total. The summed E-state index contributed by atoms with van der Waals surface area (Å²) in [5.41, 5.74) is 2.28. The van der Waals surface area contributed by atoms with Crippen molar-refractivity contribution in [2.45, 2.75) is 57.1 Å². The highest BCUT2D eigenvalue weighted by atomic mass is 16.7. The number of carbonyl (C=O) groups excluding carboxylic acids is 2. The van der Waals surface area contributed by atoms with Crippen LogP contribution in [0.1, 0.15) is 62.1 Å². The number of ether oxygens (including phenoxy) is 1. The first-order chi connectivity index (χ1) is 18.2. The number of amides is 1. The molecule has 0 spiro atoms. The highest BCUT2D eigenvalue weighted by molar-refractivity contribution is 6.09. The Hall–Kier alpha value is -3.94. The van der Waals surface area contributed by atoms with E-state index in [0.717, 1.165) is 41.5 Å². The minimum absolute atomic E-state index is 0.0771. The van der Waals surface area contributed by atoms with Crippen molar-refractivity contribution < 1.29 is 19.2 Å². The van der Waals surface area contributed by atoms with Gasteiger partial charge in [-0.3, -0.25) is 15.1 Å². The molecule has 1 amide bonds. The van der Waals surface area contributed by atoms with Gasteiger partial charge in [-0.05, 0) is 63.3 Å². The normalized spacial score (nSPS) is 25.8. The molecule has 196 valence electrons. The number of nitrogens with one attached hydrogen (secondary N) is 1. The number of hydrogen-bond donors (Lipinski definition) is 1. The van der Waals surface area contributed by atoms with Gasteiger partial charge in [0.1, 0.15) is 11.2 Å². The van der Waals surface area contributed by atoms with Crippen molar-refractivity contribution in [3.8, 4) is 0 Å². The molecule has 2 fully saturated rings. The Morgan fingerprint density at radius 2 is 1.97 bits per heavy atom. The molecule has 1 N–H and O–H groups in total. The third-order valence-corrected chi connectivity index (χ3v) is 8.13. The zero-order valence-electron chi connectivity index (χ0n) is 22.0. The number of nitrogens with zero attached hydrogens (tertiary/aromatic N) is 4. The average molecular weight is 514 g/mol. The van der Waals surface area contributed by atoms with E-state index in [2.05, 4.69) is 37.3 Å². The van der Waals surface area contributed by atoms with Gasteiger partial charge in [-0.25, -0.2) is 4.79 Å². The van der Waals surface area contributed by atoms with Crippen molar-refractivity contribution in [1.82, 2.24) is 14.9 Å². The van der Waals surface area contributed by atoms with Gasteiger partial charge in [0, 0.05) is 36.3 Å². The Morgan fingerprint density at radius 3 is 2.63 bits per heavy atom. The molecule has 0 radical (unpaired) electrons. The standard InChI is InChI=1S/C29H31N5O4/c1-18-14-29(18,27-31-25(17-35)38-32-27)34-23(26(36)33(4)21-8-6-5-7-9-21)13-20-12-22(30-16-24(20)34)19-10-11-37-28(2,3)15-19/h5-9,12-13,16,18-19H,10-11,14-15H2,1-4H3,(H,31,32)/t18-,19-,29-/m0/s1. The third kappa shape index (κ3) is 3.90. The summed E-state index contributed by atoms with van der Waals surface area (Å²) in [6, 6.07) is 13.6. The lowest BCUT2D eigenvalue weighted by atomic mass is 9.86. The fourth-order valence-corrected chi connectivity index (χ4v) is 5.99. The smallest absolute Gasteiger partial charge is 0.313 e. The zero-order chi connectivity index (χ0) is 26.7. The highest BCUT2D eigenvalue weighted by Gasteiger charge is 2.60. The lowest BCUT2D eigenvalue weighted by Gasteiger charge is -2.35. The number of fused-ring (bicyclic) bond motifs is 1. The van der Waals surface area contributed by atoms with Gasteiger partial charge in [-0.1, -0.05) is 30.3 Å². The summed E-state index contributed by atoms with van der Waals surface area (Å²) in [5.74, 6) is 2.42. The molecule has 3 atom stereocenters. The second-order valence-electron chi connectivity index (χ2n) is 11.1. The molecule has 3 aliphatic rings. The molecule has 1 aromatic carbocycles. The largest absolute Gasteiger partial charge is 0.376 e. The summed E-state index contributed by atoms with van der Waals surface area (Å²) >= 11 is 0. The summed E-state index contributed by atoms with van der Waals surface area (Å²) < 4.78 is 7.95. The van der Waals surface area contributed by atoms with Crippen molar-refractivity contribution in [3.05, 3.63) is 65.9 Å². The topological polar surface area (TPSA) is 98.0 Å². The molecule has 9 heteroatoms. The van der Waals surface area contributed by atoms with E-state index < -0.39 is 5.54 Å². The number of rotatable bonds is 5. The van der Waals surface area contributed by atoms with Crippen LogP contribution in [0.4, 0.5) is 5.69 Å². The summed E-state index contributed by atoms with van der Waals surface area (Å²) in [7, 11) is 1.78. The monoisotopic (exact) mass is 513 g/mol. The van der Waals surface area contributed by atoms with Gasteiger partial charge in [0.15, 0.2) is 11.8 Å². The van der Waals surface area contributed by atoms with E-state index in [0.29, 0.717) is 18.1 Å². The first kappa shape index (κ1) is 24.4. The molecule has 3 aromatic rings. The van der Waals surface area contributed by atoms with Crippen LogP contribution in [-0.2, 0) is 19.9 Å². The van der Waals surface area contributed by atoms with Gasteiger partial charge < -0.3 is 19.0 Å². The second kappa shape index (κ2) is 8.82. The van der Waals surface area contributed by atoms with E-state index in [1.54, 1.807) is 17.9 Å². The van der Waals surface area contributed by atoms with E-state index in [4.69, 9.17) is 14.6 Å². The predicted octanol–water partition coefficient (Wildman–Crippen LogP) is 4.33. The Labute approximate surface area is 221 Å². The lowest BCUT2D eigenvalue weighted by molar-refractivity contribution is -0.0597. The van der Waals surface area contributed by atoms with Crippen LogP contribution >= 0.6 is 0 Å². The third-order valence-electron chi connectivity index (χ3n) is 8.13. The van der Waals surface area contributed by atoms with Gasteiger partial charge in [-0.2, -0.15) is 0 Å². The van der Waals surface area contributed by atoms with E-state index >= 15 is 0 Å². The van der Waals surface area contributed by atoms with Gasteiger partial charge in [0.25, 0.3) is 5.91 Å². The quantitative estimate of drug-likeness (QED) is 0.510. The number of oxime groups is 1. The van der Waals surface area contributed by atoms with Crippen LogP contribution in [0.3, 0.4) is 0 Å². The Balaban J connectivity index is 1.49. The lowest BCUT2D eigenvalue weighted by Crippen LogP contribution is -2.40. The van der Waals surface area contributed by atoms with Crippen molar-refractivity contribution in [3.63, 3.8) is 0 Å². The molecule has 38 heavy (non-hydrogen) atoms. The number of aromatic nitrogens is 2. The van der Waals surface area contributed by atoms with Crippen LogP contribution in [-0.4, -0.2) is 46.5 Å². The molecule has 0 bridgehead atoms. The predicted molar refractivity (Wildman–Crippen MR) is 144 cm³/mol. The van der Waals surface area contributed by atoms with Crippen LogP contribution in [0, 0.1) is 5.92 Å². The van der Waals surface area contributed by atoms with Gasteiger partial charge in [0.05, 0.1) is 17.3 Å². The van der Waals surface area contributed by atoms with E-state index in [1.807, 2.05) is 47.2 Å². The van der Waals surface area contributed by atoms with Crippen LogP contribution in [0.5, 0.6) is 0 Å². The van der Waals surface area contributed by atoms with Crippen LogP contribution < -0.4 is 10.2 Å². The van der Waals surface area contributed by atoms with Crippen molar-refractivity contribution in [1.29, 1.82) is 0 Å². The molecular formula is C29H31N5O4. The van der Waals surface area contributed by atoms with Crippen LogP contribution in [0.25, 0.3) is 10.9 Å². The fourth-order valence-electron chi connectivity index (χ4n) is 5.99. The maximum absolute atomic E-state index is 14.0. The summed E-state index contributed by atoms with van der Waals surface area (Å²) in [6.45, 7) is 7.02. The Bertz CT molecular complexity index is 1500. The Kier molecular flexibility index (Phi) is 5.67. The number of anilines is 1. The summed E-state index contributed by atoms with van der Waals surface area (Å²) in [4.78, 5) is 37.0. The van der Waals surface area contributed by atoms with E-state index in [1.165, 1.54) is 0 Å². The van der Waals surface area contributed by atoms with E-state index in [9.17, 15) is 9.59 Å². The van der Waals surface area contributed by atoms with Crippen molar-refractivity contribution in [2.75, 3.05) is 18.6 Å². The number of hydrogen-bond acceptors (Lipinski definition) is 7. The molecule has 1 saturated carbocycles.